The first-order valence-electron chi connectivity index (χ1n) is 4.93. The second-order valence-corrected chi connectivity index (χ2v) is 3.54. The Morgan fingerprint density at radius 2 is 2.44 bits per heavy atom. The maximum atomic E-state index is 11.7. The molecule has 0 radical (unpaired) electrons. The number of carbonyl (C=O) groups is 1. The second-order valence-electron chi connectivity index (χ2n) is 3.54. The highest BCUT2D eigenvalue weighted by Gasteiger charge is 2.10. The molecule has 0 spiro atoms. The van der Waals surface area contributed by atoms with E-state index in [0.29, 0.717) is 12.1 Å². The third-order valence-corrected chi connectivity index (χ3v) is 2.43. The van der Waals surface area contributed by atoms with Crippen molar-refractivity contribution in [2.45, 2.75) is 13.5 Å². The Kier molecular flexibility index (Phi) is 2.72. The van der Waals surface area contributed by atoms with Gasteiger partial charge in [0.1, 0.15) is 0 Å². The van der Waals surface area contributed by atoms with Gasteiger partial charge in [0.05, 0.1) is 24.0 Å². The number of carbonyl (C=O) groups excluding carboxylic acids is 1. The standard InChI is InChI=1S/C10H13N5O/c1-7-9(6-12-14-7)10(16)11-5-8-3-4-13-15(8)2/h3-4,6H,5H2,1-2H3,(H,11,16)(H,12,14). The largest absolute Gasteiger partial charge is 0.346 e. The summed E-state index contributed by atoms with van der Waals surface area (Å²) in [5.41, 5.74) is 2.29. The van der Waals surface area contributed by atoms with Gasteiger partial charge in [-0.1, -0.05) is 0 Å². The van der Waals surface area contributed by atoms with Crippen LogP contribution in [0.5, 0.6) is 0 Å². The van der Waals surface area contributed by atoms with Crippen LogP contribution in [0.1, 0.15) is 21.7 Å². The summed E-state index contributed by atoms with van der Waals surface area (Å²) in [4.78, 5) is 11.7. The van der Waals surface area contributed by atoms with E-state index in [2.05, 4.69) is 20.6 Å². The minimum atomic E-state index is -0.132. The predicted molar refractivity (Wildman–Crippen MR) is 57.7 cm³/mol. The van der Waals surface area contributed by atoms with Crippen LogP contribution in [0.15, 0.2) is 18.5 Å². The molecular formula is C10H13N5O. The SMILES string of the molecule is Cc1[nH]ncc1C(=O)NCc1ccnn1C. The van der Waals surface area contributed by atoms with Gasteiger partial charge in [0.25, 0.3) is 5.91 Å². The summed E-state index contributed by atoms with van der Waals surface area (Å²) in [6.07, 6.45) is 3.22. The molecule has 16 heavy (non-hydrogen) atoms. The number of aromatic amines is 1. The first-order chi connectivity index (χ1) is 7.68. The van der Waals surface area contributed by atoms with Crippen molar-refractivity contribution in [2.24, 2.45) is 7.05 Å². The van der Waals surface area contributed by atoms with Gasteiger partial charge in [-0.3, -0.25) is 14.6 Å². The number of hydrogen-bond acceptors (Lipinski definition) is 3. The molecule has 0 aliphatic heterocycles. The summed E-state index contributed by atoms with van der Waals surface area (Å²) in [6.45, 7) is 2.27. The van der Waals surface area contributed by atoms with Gasteiger partial charge in [-0.2, -0.15) is 10.2 Å². The number of nitrogens with one attached hydrogen (secondary N) is 2. The Bertz CT molecular complexity index is 499. The van der Waals surface area contributed by atoms with Gasteiger partial charge < -0.3 is 5.32 Å². The topological polar surface area (TPSA) is 75.6 Å². The maximum Gasteiger partial charge on any atom is 0.255 e. The van der Waals surface area contributed by atoms with Crippen molar-refractivity contribution in [3.05, 3.63) is 35.4 Å². The smallest absolute Gasteiger partial charge is 0.255 e. The highest BCUT2D eigenvalue weighted by atomic mass is 16.1. The molecule has 0 unspecified atom stereocenters. The molecule has 2 rings (SSSR count). The monoisotopic (exact) mass is 219 g/mol. The molecule has 2 N–H and O–H groups in total. The lowest BCUT2D eigenvalue weighted by Crippen LogP contribution is -2.24. The molecule has 0 bridgehead atoms. The molecule has 1 amide bonds. The minimum Gasteiger partial charge on any atom is -0.346 e. The highest BCUT2D eigenvalue weighted by molar-refractivity contribution is 5.94. The molecule has 0 atom stereocenters. The predicted octanol–water partition coefficient (Wildman–Crippen LogP) is 0.382. The lowest BCUT2D eigenvalue weighted by atomic mass is 10.2. The zero-order chi connectivity index (χ0) is 11.5. The Morgan fingerprint density at radius 3 is 3.00 bits per heavy atom. The number of rotatable bonds is 3. The van der Waals surface area contributed by atoms with Crippen LogP contribution in [0.25, 0.3) is 0 Å². The summed E-state index contributed by atoms with van der Waals surface area (Å²) in [7, 11) is 1.84. The van der Waals surface area contributed by atoms with E-state index < -0.39 is 0 Å². The van der Waals surface area contributed by atoms with Gasteiger partial charge in [-0.05, 0) is 13.0 Å². The van der Waals surface area contributed by atoms with Gasteiger partial charge in [0.2, 0.25) is 0 Å². The number of amides is 1. The molecule has 2 aromatic heterocycles. The van der Waals surface area contributed by atoms with Crippen molar-refractivity contribution in [1.29, 1.82) is 0 Å². The van der Waals surface area contributed by atoms with Crippen molar-refractivity contribution in [3.63, 3.8) is 0 Å². The van der Waals surface area contributed by atoms with E-state index in [4.69, 9.17) is 0 Å². The van der Waals surface area contributed by atoms with E-state index in [1.54, 1.807) is 10.9 Å². The molecule has 2 heterocycles. The fourth-order valence-electron chi connectivity index (χ4n) is 1.42. The molecule has 0 fully saturated rings. The van der Waals surface area contributed by atoms with Crippen LogP contribution in [0.4, 0.5) is 0 Å². The second kappa shape index (κ2) is 4.18. The van der Waals surface area contributed by atoms with Crippen LogP contribution in [0.3, 0.4) is 0 Å². The van der Waals surface area contributed by atoms with Crippen LogP contribution in [-0.2, 0) is 13.6 Å². The summed E-state index contributed by atoms with van der Waals surface area (Å²) in [6, 6.07) is 1.86. The van der Waals surface area contributed by atoms with E-state index in [0.717, 1.165) is 11.4 Å². The number of nitrogens with zero attached hydrogens (tertiary/aromatic N) is 3. The number of aromatic nitrogens is 4. The average Bonchev–Trinajstić information content (AvgIpc) is 2.84. The van der Waals surface area contributed by atoms with E-state index in [1.165, 1.54) is 6.20 Å². The number of hydrogen-bond donors (Lipinski definition) is 2. The Morgan fingerprint density at radius 1 is 1.62 bits per heavy atom. The molecule has 0 saturated heterocycles. The van der Waals surface area contributed by atoms with Crippen molar-refractivity contribution in [3.8, 4) is 0 Å². The third-order valence-electron chi connectivity index (χ3n) is 2.43. The Labute approximate surface area is 92.7 Å². The zero-order valence-electron chi connectivity index (χ0n) is 9.19. The lowest BCUT2D eigenvalue weighted by molar-refractivity contribution is 0.0949. The van der Waals surface area contributed by atoms with Crippen molar-refractivity contribution < 1.29 is 4.79 Å². The maximum absolute atomic E-state index is 11.7. The van der Waals surface area contributed by atoms with Gasteiger partial charge in [0, 0.05) is 18.9 Å². The van der Waals surface area contributed by atoms with Crippen molar-refractivity contribution >= 4 is 5.91 Å². The molecule has 0 saturated carbocycles. The minimum absolute atomic E-state index is 0.132. The van der Waals surface area contributed by atoms with Crippen molar-refractivity contribution in [1.82, 2.24) is 25.3 Å². The molecule has 0 aromatic carbocycles. The molecule has 6 heteroatoms. The molecule has 84 valence electrons. The van der Waals surface area contributed by atoms with E-state index in [1.807, 2.05) is 20.0 Å². The van der Waals surface area contributed by atoms with Gasteiger partial charge >= 0.3 is 0 Å². The zero-order valence-corrected chi connectivity index (χ0v) is 9.19. The van der Waals surface area contributed by atoms with Gasteiger partial charge in [-0.25, -0.2) is 0 Å². The van der Waals surface area contributed by atoms with Crippen LogP contribution >= 0.6 is 0 Å². The van der Waals surface area contributed by atoms with Crippen LogP contribution in [0, 0.1) is 6.92 Å². The quantitative estimate of drug-likeness (QED) is 0.783. The molecular weight excluding hydrogens is 206 g/mol. The Balaban J connectivity index is 1.99. The molecule has 6 nitrogen and oxygen atoms in total. The van der Waals surface area contributed by atoms with Crippen LogP contribution in [-0.4, -0.2) is 25.9 Å². The van der Waals surface area contributed by atoms with Gasteiger partial charge in [0.15, 0.2) is 0 Å². The van der Waals surface area contributed by atoms with Crippen LogP contribution in [0.2, 0.25) is 0 Å². The highest BCUT2D eigenvalue weighted by Crippen LogP contribution is 2.03. The third kappa shape index (κ3) is 1.95. The number of aryl methyl sites for hydroxylation is 2. The van der Waals surface area contributed by atoms with Gasteiger partial charge in [-0.15, -0.1) is 0 Å². The van der Waals surface area contributed by atoms with Crippen molar-refractivity contribution in [2.75, 3.05) is 0 Å². The molecule has 0 aliphatic carbocycles. The fraction of sp³-hybridized carbons (Fsp3) is 0.300. The van der Waals surface area contributed by atoms with E-state index in [-0.39, 0.29) is 5.91 Å². The summed E-state index contributed by atoms with van der Waals surface area (Å²) in [5.74, 6) is -0.132. The fourth-order valence-corrected chi connectivity index (χ4v) is 1.42. The molecule has 2 aromatic rings. The van der Waals surface area contributed by atoms with E-state index in [9.17, 15) is 4.79 Å². The Hall–Kier alpha value is -2.11. The molecule has 0 aliphatic rings. The summed E-state index contributed by atoms with van der Waals surface area (Å²) >= 11 is 0. The number of H-pyrrole nitrogens is 1. The summed E-state index contributed by atoms with van der Waals surface area (Å²) < 4.78 is 1.72. The first kappa shape index (κ1) is 10.4. The van der Waals surface area contributed by atoms with Crippen LogP contribution < -0.4 is 5.32 Å². The average molecular weight is 219 g/mol. The first-order valence-corrected chi connectivity index (χ1v) is 4.93. The summed E-state index contributed by atoms with van der Waals surface area (Å²) in [5, 5.41) is 13.4. The normalized spacial score (nSPS) is 10.4. The van der Waals surface area contributed by atoms with E-state index >= 15 is 0 Å². The lowest BCUT2D eigenvalue weighted by Gasteiger charge is -2.04.